The number of hydrogen-bond donors (Lipinski definition) is 0. The maximum Gasteiger partial charge on any atom is 0.357 e. The fourth-order valence-corrected chi connectivity index (χ4v) is 3.76. The minimum atomic E-state index is -2.18. The first-order valence-corrected chi connectivity index (χ1v) is 10.6. The number of carbonyl (C=O) groups is 2. The van der Waals surface area contributed by atoms with Gasteiger partial charge < -0.3 is 4.84 Å². The quantitative estimate of drug-likeness (QED) is 0.734. The van der Waals surface area contributed by atoms with E-state index in [0.717, 1.165) is 6.42 Å². The number of rotatable bonds is 6. The van der Waals surface area contributed by atoms with Crippen LogP contribution in [0.1, 0.15) is 30.1 Å². The van der Waals surface area contributed by atoms with Gasteiger partial charge in [-0.3, -0.25) is 9.00 Å². The van der Waals surface area contributed by atoms with E-state index in [4.69, 9.17) is 4.84 Å². The van der Waals surface area contributed by atoms with Crippen molar-refractivity contribution in [2.24, 2.45) is 11.8 Å². The highest BCUT2D eigenvalue weighted by Crippen LogP contribution is 2.29. The molecular weight excluding hydrogens is 326 g/mol. The average Bonchev–Trinajstić information content (AvgIpc) is 2.87. The van der Waals surface area contributed by atoms with E-state index in [-0.39, 0.29) is 23.6 Å². The van der Waals surface area contributed by atoms with Gasteiger partial charge in [-0.2, -0.15) is 0 Å². The highest BCUT2D eigenvalue weighted by molar-refractivity contribution is 8.01. The molecule has 132 valence electrons. The molecule has 1 saturated heterocycles. The van der Waals surface area contributed by atoms with Crippen molar-refractivity contribution in [2.45, 2.75) is 19.8 Å². The second-order valence-corrected chi connectivity index (χ2v) is 9.47. The first-order valence-electron chi connectivity index (χ1n) is 8.12. The van der Waals surface area contributed by atoms with E-state index < -0.39 is 9.52 Å². The zero-order chi connectivity index (χ0) is 17.7. The molecule has 24 heavy (non-hydrogen) atoms. The summed E-state index contributed by atoms with van der Waals surface area (Å²) in [6.45, 7) is 3.23. The molecule has 6 heteroatoms. The number of hydrogen-bond acceptors (Lipinski definition) is 5. The molecule has 0 aliphatic carbocycles. The summed E-state index contributed by atoms with van der Waals surface area (Å²) in [5, 5.41) is 2.98. The molecule has 1 heterocycles. The summed E-state index contributed by atoms with van der Waals surface area (Å²) < 4.78 is 11.7. The normalized spacial score (nSPS) is 21.5. The Morgan fingerprint density at radius 3 is 2.42 bits per heavy atom. The van der Waals surface area contributed by atoms with Gasteiger partial charge in [0.05, 0.1) is 5.56 Å². The molecule has 0 bridgehead atoms. The van der Waals surface area contributed by atoms with E-state index in [1.807, 2.05) is 6.07 Å². The molecule has 0 amide bonds. The molecule has 2 atom stereocenters. The summed E-state index contributed by atoms with van der Waals surface area (Å²) in [6, 6.07) is 8.85. The van der Waals surface area contributed by atoms with E-state index in [9.17, 15) is 13.8 Å². The topological polar surface area (TPSA) is 63.7 Å². The molecule has 0 radical (unpaired) electrons. The molecule has 0 aromatic heterocycles. The maximum atomic E-state index is 12.1. The van der Waals surface area contributed by atoms with E-state index in [1.54, 1.807) is 41.8 Å². The third kappa shape index (κ3) is 5.46. The molecular formula is C18H25NO4S. The zero-order valence-corrected chi connectivity index (χ0v) is 15.3. The van der Waals surface area contributed by atoms with Gasteiger partial charge >= 0.3 is 5.97 Å². The van der Waals surface area contributed by atoms with Crippen molar-refractivity contribution in [1.29, 1.82) is 0 Å². The van der Waals surface area contributed by atoms with Gasteiger partial charge in [0.2, 0.25) is 0 Å². The van der Waals surface area contributed by atoms with E-state index in [2.05, 4.69) is 6.92 Å². The number of carbonyl (C=O) groups excluding carboxylic acids is 2. The second kappa shape index (κ2) is 7.94. The average molecular weight is 351 g/mol. The van der Waals surface area contributed by atoms with Crippen LogP contribution in [0.25, 0.3) is 0 Å². The van der Waals surface area contributed by atoms with Gasteiger partial charge in [-0.1, -0.05) is 31.5 Å². The standard InChI is InChI=1S/C18H25NO4S/c1-4-14-11-19(23-18(21)15-8-6-5-7-9-15)12-16(14)10-17(20)13-24(2,3)22/h5-9,13-14,16H,4,10-12H2,1-3H3. The molecule has 2 rings (SSSR count). The van der Waals surface area contributed by atoms with Crippen molar-refractivity contribution in [3.8, 4) is 0 Å². The van der Waals surface area contributed by atoms with Gasteiger partial charge in [-0.05, 0) is 33.5 Å². The number of ketones is 1. The molecule has 0 saturated carbocycles. The number of hydroxylamine groups is 2. The van der Waals surface area contributed by atoms with Gasteiger partial charge in [0, 0.05) is 37.4 Å². The Labute approximate surface area is 144 Å². The Morgan fingerprint density at radius 2 is 1.83 bits per heavy atom. The number of benzene rings is 1. The van der Waals surface area contributed by atoms with Crippen LogP contribution in [0.4, 0.5) is 0 Å². The van der Waals surface area contributed by atoms with Gasteiger partial charge in [0.25, 0.3) is 0 Å². The summed E-state index contributed by atoms with van der Waals surface area (Å²) in [5.74, 6) is -0.0708. The third-order valence-electron chi connectivity index (χ3n) is 4.17. The Bertz CT molecular complexity index is 699. The summed E-state index contributed by atoms with van der Waals surface area (Å²) >= 11 is 0. The van der Waals surface area contributed by atoms with Crippen LogP contribution in [-0.4, -0.2) is 52.0 Å². The van der Waals surface area contributed by atoms with Crippen molar-refractivity contribution >= 4 is 26.6 Å². The van der Waals surface area contributed by atoms with Gasteiger partial charge in [0.1, 0.15) is 0 Å². The first kappa shape index (κ1) is 18.7. The van der Waals surface area contributed by atoms with Crippen molar-refractivity contribution in [1.82, 2.24) is 5.06 Å². The Morgan fingerprint density at radius 1 is 1.21 bits per heavy atom. The van der Waals surface area contributed by atoms with Gasteiger partial charge in [0.15, 0.2) is 5.78 Å². The predicted molar refractivity (Wildman–Crippen MR) is 96.4 cm³/mol. The summed E-state index contributed by atoms with van der Waals surface area (Å²) in [4.78, 5) is 29.7. The lowest BCUT2D eigenvalue weighted by Gasteiger charge is -2.15. The molecule has 1 aliphatic heterocycles. The van der Waals surface area contributed by atoms with Crippen LogP contribution in [0.15, 0.2) is 30.3 Å². The monoisotopic (exact) mass is 351 g/mol. The first-order chi connectivity index (χ1) is 11.3. The Kier molecular flexibility index (Phi) is 6.18. The van der Waals surface area contributed by atoms with Crippen LogP contribution in [0.5, 0.6) is 0 Å². The highest BCUT2D eigenvalue weighted by atomic mass is 32.2. The molecule has 1 aromatic rings. The molecule has 1 aliphatic rings. The predicted octanol–water partition coefficient (Wildman–Crippen LogP) is 2.02. The fraction of sp³-hybridized carbons (Fsp3) is 0.500. The van der Waals surface area contributed by atoms with Crippen LogP contribution >= 0.6 is 0 Å². The lowest BCUT2D eigenvalue weighted by atomic mass is 9.90. The Hall–Kier alpha value is -1.66. The molecule has 1 aromatic carbocycles. The van der Waals surface area contributed by atoms with Crippen LogP contribution in [0.2, 0.25) is 0 Å². The lowest BCUT2D eigenvalue weighted by Crippen LogP contribution is -2.26. The summed E-state index contributed by atoms with van der Waals surface area (Å²) in [6.07, 6.45) is 4.37. The van der Waals surface area contributed by atoms with Crippen molar-refractivity contribution in [2.75, 3.05) is 25.6 Å². The second-order valence-electron chi connectivity index (χ2n) is 6.62. The number of Topliss-reactive ketones (excluding diaryl/α,β-unsaturated/α-hetero) is 1. The van der Waals surface area contributed by atoms with Crippen molar-refractivity contribution < 1.29 is 18.6 Å². The largest absolute Gasteiger partial charge is 0.364 e. The SMILES string of the molecule is CCC1CN(OC(=O)c2ccccc2)CC1CC(=O)C=S(C)(C)=O. The van der Waals surface area contributed by atoms with Crippen molar-refractivity contribution in [3.63, 3.8) is 0 Å². The molecule has 2 unspecified atom stereocenters. The van der Waals surface area contributed by atoms with Crippen molar-refractivity contribution in [3.05, 3.63) is 35.9 Å². The smallest absolute Gasteiger partial charge is 0.357 e. The molecule has 5 nitrogen and oxygen atoms in total. The van der Waals surface area contributed by atoms with E-state index in [1.165, 1.54) is 5.37 Å². The Balaban J connectivity index is 1.97. The lowest BCUT2D eigenvalue weighted by molar-refractivity contribution is -0.114. The van der Waals surface area contributed by atoms with Gasteiger partial charge in [-0.15, -0.1) is 5.06 Å². The minimum Gasteiger partial charge on any atom is -0.364 e. The highest BCUT2D eigenvalue weighted by Gasteiger charge is 2.35. The summed E-state index contributed by atoms with van der Waals surface area (Å²) in [5.41, 5.74) is 0.509. The fourth-order valence-electron chi connectivity index (χ4n) is 3.03. The van der Waals surface area contributed by atoms with Gasteiger partial charge in [-0.25, -0.2) is 4.79 Å². The van der Waals surface area contributed by atoms with Crippen LogP contribution in [0, 0.1) is 11.8 Å². The molecule has 1 fully saturated rings. The van der Waals surface area contributed by atoms with Crippen LogP contribution < -0.4 is 0 Å². The third-order valence-corrected chi connectivity index (χ3v) is 5.00. The zero-order valence-electron chi connectivity index (χ0n) is 14.4. The minimum absolute atomic E-state index is 0.0929. The van der Waals surface area contributed by atoms with E-state index in [0.29, 0.717) is 25.1 Å². The molecule has 0 N–H and O–H groups in total. The number of nitrogens with zero attached hydrogens (tertiary/aromatic N) is 1. The summed E-state index contributed by atoms with van der Waals surface area (Å²) in [7, 11) is -2.18. The van der Waals surface area contributed by atoms with E-state index >= 15 is 0 Å². The van der Waals surface area contributed by atoms with Crippen LogP contribution in [-0.2, 0) is 19.2 Å². The molecule has 0 spiro atoms. The van der Waals surface area contributed by atoms with Crippen LogP contribution in [0.3, 0.4) is 0 Å². The maximum absolute atomic E-state index is 12.1.